The number of carboxylic acid groups (broad SMARTS) is 1. The van der Waals surface area contributed by atoms with Gasteiger partial charge in [-0.15, -0.1) is 0 Å². The SMILES string of the molecule is CCC(CC)C(C)Nc1cc(C)ccc1C(=O)O. The number of carbonyl (C=O) groups is 1. The average molecular weight is 249 g/mol. The maximum atomic E-state index is 11.2. The summed E-state index contributed by atoms with van der Waals surface area (Å²) in [7, 11) is 0. The third-order valence-corrected chi connectivity index (χ3v) is 3.54. The molecule has 0 fully saturated rings. The van der Waals surface area contributed by atoms with Gasteiger partial charge in [0.15, 0.2) is 0 Å². The van der Waals surface area contributed by atoms with E-state index in [1.165, 1.54) is 0 Å². The second kappa shape index (κ2) is 6.43. The molecule has 0 aliphatic carbocycles. The van der Waals surface area contributed by atoms with Crippen LogP contribution in [0.1, 0.15) is 49.5 Å². The monoisotopic (exact) mass is 249 g/mol. The van der Waals surface area contributed by atoms with Gasteiger partial charge < -0.3 is 10.4 Å². The van der Waals surface area contributed by atoms with Crippen molar-refractivity contribution in [2.24, 2.45) is 5.92 Å². The van der Waals surface area contributed by atoms with Crippen LogP contribution in [0, 0.1) is 12.8 Å². The maximum Gasteiger partial charge on any atom is 0.337 e. The van der Waals surface area contributed by atoms with E-state index in [4.69, 9.17) is 0 Å². The van der Waals surface area contributed by atoms with E-state index in [0.29, 0.717) is 11.5 Å². The Bertz CT molecular complexity index is 411. The van der Waals surface area contributed by atoms with E-state index in [1.807, 2.05) is 19.1 Å². The summed E-state index contributed by atoms with van der Waals surface area (Å²) in [5, 5.41) is 12.5. The Labute approximate surface area is 109 Å². The molecule has 3 heteroatoms. The summed E-state index contributed by atoms with van der Waals surface area (Å²) in [6.45, 7) is 8.42. The summed E-state index contributed by atoms with van der Waals surface area (Å²) in [5.41, 5.74) is 2.14. The van der Waals surface area contributed by atoms with Crippen LogP contribution in [-0.4, -0.2) is 17.1 Å². The van der Waals surface area contributed by atoms with Crippen molar-refractivity contribution >= 4 is 11.7 Å². The first-order chi connectivity index (χ1) is 8.49. The van der Waals surface area contributed by atoms with E-state index in [-0.39, 0.29) is 6.04 Å². The lowest BCUT2D eigenvalue weighted by Crippen LogP contribution is -2.26. The first kappa shape index (κ1) is 14.6. The van der Waals surface area contributed by atoms with Crippen LogP contribution in [0.3, 0.4) is 0 Å². The molecule has 0 spiro atoms. The second-order valence-corrected chi connectivity index (χ2v) is 4.86. The van der Waals surface area contributed by atoms with Crippen molar-refractivity contribution in [3.63, 3.8) is 0 Å². The van der Waals surface area contributed by atoms with Crippen molar-refractivity contribution in [1.82, 2.24) is 0 Å². The van der Waals surface area contributed by atoms with Crippen LogP contribution in [0.5, 0.6) is 0 Å². The highest BCUT2D eigenvalue weighted by molar-refractivity contribution is 5.94. The normalized spacial score (nSPS) is 12.5. The zero-order chi connectivity index (χ0) is 13.7. The number of carboxylic acids is 1. The van der Waals surface area contributed by atoms with Gasteiger partial charge in [-0.05, 0) is 37.5 Å². The number of hydrogen-bond donors (Lipinski definition) is 2. The van der Waals surface area contributed by atoms with Gasteiger partial charge in [-0.3, -0.25) is 0 Å². The van der Waals surface area contributed by atoms with Crippen molar-refractivity contribution in [3.8, 4) is 0 Å². The van der Waals surface area contributed by atoms with E-state index in [0.717, 1.165) is 24.1 Å². The molecule has 0 bridgehead atoms. The summed E-state index contributed by atoms with van der Waals surface area (Å²) >= 11 is 0. The molecule has 1 atom stereocenters. The molecule has 0 saturated carbocycles. The highest BCUT2D eigenvalue weighted by Crippen LogP contribution is 2.22. The fourth-order valence-corrected chi connectivity index (χ4v) is 2.32. The van der Waals surface area contributed by atoms with E-state index < -0.39 is 5.97 Å². The van der Waals surface area contributed by atoms with Gasteiger partial charge in [0.2, 0.25) is 0 Å². The number of hydrogen-bond acceptors (Lipinski definition) is 2. The van der Waals surface area contributed by atoms with Crippen molar-refractivity contribution in [2.75, 3.05) is 5.32 Å². The van der Waals surface area contributed by atoms with Crippen LogP contribution in [0.2, 0.25) is 0 Å². The van der Waals surface area contributed by atoms with Gasteiger partial charge in [-0.2, -0.15) is 0 Å². The van der Waals surface area contributed by atoms with Gasteiger partial charge in [-0.25, -0.2) is 4.79 Å². The lowest BCUT2D eigenvalue weighted by molar-refractivity contribution is 0.0698. The van der Waals surface area contributed by atoms with Crippen molar-refractivity contribution in [1.29, 1.82) is 0 Å². The highest BCUT2D eigenvalue weighted by atomic mass is 16.4. The molecule has 1 rings (SSSR count). The van der Waals surface area contributed by atoms with Crippen molar-refractivity contribution in [3.05, 3.63) is 29.3 Å². The Morgan fingerprint density at radius 2 is 1.94 bits per heavy atom. The first-order valence-electron chi connectivity index (χ1n) is 6.60. The fraction of sp³-hybridized carbons (Fsp3) is 0.533. The smallest absolute Gasteiger partial charge is 0.337 e. The molecule has 0 aliphatic heterocycles. The lowest BCUT2D eigenvalue weighted by Gasteiger charge is -2.24. The Hall–Kier alpha value is -1.51. The van der Waals surface area contributed by atoms with Gasteiger partial charge in [0, 0.05) is 11.7 Å². The van der Waals surface area contributed by atoms with E-state index >= 15 is 0 Å². The molecule has 100 valence electrons. The van der Waals surface area contributed by atoms with Crippen molar-refractivity contribution < 1.29 is 9.90 Å². The second-order valence-electron chi connectivity index (χ2n) is 4.86. The van der Waals surface area contributed by atoms with Gasteiger partial charge in [0.05, 0.1) is 5.56 Å². The predicted octanol–water partition coefficient (Wildman–Crippen LogP) is 3.93. The van der Waals surface area contributed by atoms with E-state index in [1.54, 1.807) is 6.07 Å². The van der Waals surface area contributed by atoms with Crippen LogP contribution >= 0.6 is 0 Å². The number of anilines is 1. The van der Waals surface area contributed by atoms with E-state index in [9.17, 15) is 9.90 Å². The Morgan fingerprint density at radius 1 is 1.33 bits per heavy atom. The third-order valence-electron chi connectivity index (χ3n) is 3.54. The highest BCUT2D eigenvalue weighted by Gasteiger charge is 2.16. The third kappa shape index (κ3) is 3.49. The zero-order valence-electron chi connectivity index (χ0n) is 11.7. The molecule has 0 aliphatic rings. The quantitative estimate of drug-likeness (QED) is 0.803. The van der Waals surface area contributed by atoms with Crippen LogP contribution in [0.4, 0.5) is 5.69 Å². The summed E-state index contributed by atoms with van der Waals surface area (Å²) < 4.78 is 0. The van der Waals surface area contributed by atoms with Gasteiger partial charge >= 0.3 is 5.97 Å². The molecule has 18 heavy (non-hydrogen) atoms. The molecule has 0 radical (unpaired) electrons. The maximum absolute atomic E-state index is 11.2. The number of nitrogens with one attached hydrogen (secondary N) is 1. The van der Waals surface area contributed by atoms with E-state index in [2.05, 4.69) is 26.1 Å². The number of benzene rings is 1. The number of aryl methyl sites for hydroxylation is 1. The summed E-state index contributed by atoms with van der Waals surface area (Å²) in [6.07, 6.45) is 2.19. The molecule has 0 amide bonds. The Morgan fingerprint density at radius 3 is 2.44 bits per heavy atom. The zero-order valence-corrected chi connectivity index (χ0v) is 11.7. The molecule has 0 aromatic heterocycles. The molecule has 0 heterocycles. The standard InChI is InChI=1S/C15H23NO2/c1-5-12(6-2)11(4)16-14-9-10(3)7-8-13(14)15(17)18/h7-9,11-12,16H,5-6H2,1-4H3,(H,17,18). The van der Waals surface area contributed by atoms with Gasteiger partial charge in [-0.1, -0.05) is 32.8 Å². The number of rotatable bonds is 6. The topological polar surface area (TPSA) is 49.3 Å². The van der Waals surface area contributed by atoms with Crippen LogP contribution < -0.4 is 5.32 Å². The Kier molecular flexibility index (Phi) is 5.20. The van der Waals surface area contributed by atoms with Crippen LogP contribution in [0.25, 0.3) is 0 Å². The minimum absolute atomic E-state index is 0.278. The lowest BCUT2D eigenvalue weighted by atomic mass is 9.95. The molecular weight excluding hydrogens is 226 g/mol. The molecule has 0 saturated heterocycles. The number of aromatic carboxylic acids is 1. The first-order valence-corrected chi connectivity index (χ1v) is 6.60. The van der Waals surface area contributed by atoms with Crippen LogP contribution in [-0.2, 0) is 0 Å². The summed E-state index contributed by atoms with van der Waals surface area (Å²) in [5.74, 6) is -0.318. The molecule has 3 nitrogen and oxygen atoms in total. The minimum atomic E-state index is -0.880. The molecule has 2 N–H and O–H groups in total. The predicted molar refractivity (Wildman–Crippen MR) is 75.3 cm³/mol. The average Bonchev–Trinajstić information content (AvgIpc) is 2.30. The largest absolute Gasteiger partial charge is 0.478 e. The van der Waals surface area contributed by atoms with Crippen LogP contribution in [0.15, 0.2) is 18.2 Å². The van der Waals surface area contributed by atoms with Gasteiger partial charge in [0.1, 0.15) is 0 Å². The fourth-order valence-electron chi connectivity index (χ4n) is 2.32. The molecule has 1 unspecified atom stereocenters. The summed E-state index contributed by atoms with van der Waals surface area (Å²) in [4.78, 5) is 11.2. The minimum Gasteiger partial charge on any atom is -0.478 e. The Balaban J connectivity index is 2.95. The summed E-state index contributed by atoms with van der Waals surface area (Å²) in [6, 6.07) is 5.68. The molecular formula is C15H23NO2. The van der Waals surface area contributed by atoms with Crippen molar-refractivity contribution in [2.45, 2.75) is 46.6 Å². The molecule has 1 aromatic carbocycles. The van der Waals surface area contributed by atoms with Gasteiger partial charge in [0.25, 0.3) is 0 Å². The molecule has 1 aromatic rings.